The summed E-state index contributed by atoms with van der Waals surface area (Å²) in [5.74, 6) is -0.791. The maximum Gasteiger partial charge on any atom is 0.287 e. The van der Waals surface area contributed by atoms with Gasteiger partial charge in [-0.15, -0.1) is 11.8 Å². The Hall–Kier alpha value is -2.85. The molecular weight excluding hydrogens is 479 g/mol. The molecule has 2 aliphatic rings. The smallest absolute Gasteiger partial charge is 0.287 e. The number of hydrogen-bond acceptors (Lipinski definition) is 6. The van der Waals surface area contributed by atoms with E-state index in [-0.39, 0.29) is 45.7 Å². The maximum absolute atomic E-state index is 13.6. The van der Waals surface area contributed by atoms with Crippen molar-refractivity contribution in [1.29, 1.82) is 0 Å². The zero-order valence-corrected chi connectivity index (χ0v) is 20.8. The molecule has 0 bridgehead atoms. The third kappa shape index (κ3) is 4.20. The fourth-order valence-corrected chi connectivity index (χ4v) is 5.89. The predicted octanol–water partition coefficient (Wildman–Crippen LogP) is 4.29. The number of amides is 1. The monoisotopic (exact) mass is 504 g/mol. The normalized spacial score (nSPS) is 19.4. The van der Waals surface area contributed by atoms with Crippen molar-refractivity contribution < 1.29 is 27.4 Å². The lowest BCUT2D eigenvalue weighted by Gasteiger charge is -2.35. The van der Waals surface area contributed by atoms with Crippen LogP contribution in [0, 0.1) is 11.2 Å². The van der Waals surface area contributed by atoms with Gasteiger partial charge in [-0.3, -0.25) is 4.79 Å². The van der Waals surface area contributed by atoms with Crippen molar-refractivity contribution in [3.8, 4) is 5.75 Å². The molecule has 4 rings (SSSR count). The summed E-state index contributed by atoms with van der Waals surface area (Å²) in [6.07, 6.45) is 1.82. The van der Waals surface area contributed by atoms with Crippen molar-refractivity contribution in [2.45, 2.75) is 38.3 Å². The second kappa shape index (κ2) is 8.74. The van der Waals surface area contributed by atoms with Crippen LogP contribution in [0.25, 0.3) is 0 Å². The van der Waals surface area contributed by atoms with Crippen LogP contribution in [0.15, 0.2) is 63.1 Å². The van der Waals surface area contributed by atoms with E-state index in [2.05, 4.69) is 4.40 Å². The van der Waals surface area contributed by atoms with Crippen molar-refractivity contribution >= 4 is 33.4 Å². The van der Waals surface area contributed by atoms with Crippen molar-refractivity contribution in [2.24, 2.45) is 9.81 Å². The molecule has 0 unspecified atom stereocenters. The van der Waals surface area contributed by atoms with Gasteiger partial charge in [-0.2, -0.15) is 12.8 Å². The summed E-state index contributed by atoms with van der Waals surface area (Å²) in [4.78, 5) is 15.0. The number of hydrogen-bond donors (Lipinski definition) is 1. The average Bonchev–Trinajstić information content (AvgIpc) is 3.17. The highest BCUT2D eigenvalue weighted by Gasteiger charge is 2.49. The molecule has 34 heavy (non-hydrogen) atoms. The molecule has 0 saturated heterocycles. The summed E-state index contributed by atoms with van der Waals surface area (Å²) < 4.78 is 48.8. The van der Waals surface area contributed by atoms with Gasteiger partial charge in [0.15, 0.2) is 0 Å². The molecule has 1 atom stereocenters. The first-order valence-corrected chi connectivity index (χ1v) is 13.4. The molecule has 0 spiro atoms. The van der Waals surface area contributed by atoms with Crippen molar-refractivity contribution in [1.82, 2.24) is 4.90 Å². The summed E-state index contributed by atoms with van der Waals surface area (Å²) in [5, 5.41) is 11.3. The van der Waals surface area contributed by atoms with Crippen LogP contribution in [0.1, 0.15) is 31.9 Å². The second-order valence-corrected chi connectivity index (χ2v) is 11.5. The number of rotatable bonds is 6. The molecule has 0 aromatic heterocycles. The number of aliphatic hydroxyl groups excluding tert-OH is 1. The van der Waals surface area contributed by atoms with E-state index in [9.17, 15) is 22.7 Å². The van der Waals surface area contributed by atoms with Gasteiger partial charge in [0, 0.05) is 12.1 Å². The number of carbonyl (C=O) groups excluding carboxylic acids is 1. The lowest BCUT2D eigenvalue weighted by molar-refractivity contribution is -0.129. The Morgan fingerprint density at radius 1 is 1.18 bits per heavy atom. The molecule has 0 aliphatic carbocycles. The van der Waals surface area contributed by atoms with E-state index in [0.29, 0.717) is 5.56 Å². The third-order valence-electron chi connectivity index (χ3n) is 5.66. The van der Waals surface area contributed by atoms with Crippen LogP contribution < -0.4 is 4.74 Å². The molecule has 180 valence electrons. The summed E-state index contributed by atoms with van der Waals surface area (Å²) >= 11 is 1.39. The second-order valence-electron chi connectivity index (χ2n) is 9.19. The van der Waals surface area contributed by atoms with Gasteiger partial charge in [0.1, 0.15) is 39.4 Å². The van der Waals surface area contributed by atoms with Crippen LogP contribution in [0.3, 0.4) is 0 Å². The van der Waals surface area contributed by atoms with Gasteiger partial charge in [0.2, 0.25) is 0 Å². The Labute approximate surface area is 202 Å². The van der Waals surface area contributed by atoms with Crippen LogP contribution in [0.4, 0.5) is 4.39 Å². The first kappa shape index (κ1) is 24.3. The van der Waals surface area contributed by atoms with Crippen LogP contribution in [0.5, 0.6) is 5.75 Å². The molecule has 2 aliphatic heterocycles. The number of carbonyl (C=O) groups is 1. The Morgan fingerprint density at radius 3 is 2.47 bits per heavy atom. The first-order chi connectivity index (χ1) is 16.0. The Kier molecular flexibility index (Phi) is 6.24. The van der Waals surface area contributed by atoms with E-state index in [4.69, 9.17) is 4.74 Å². The molecule has 0 fully saturated rings. The zero-order valence-electron chi connectivity index (χ0n) is 19.2. The minimum atomic E-state index is -4.14. The lowest BCUT2D eigenvalue weighted by Crippen LogP contribution is -2.43. The number of fused-ring (bicyclic) bond motifs is 1. The van der Waals surface area contributed by atoms with E-state index in [1.807, 2.05) is 27.0 Å². The fourth-order valence-electron chi connectivity index (χ4n) is 4.30. The number of ether oxygens (including phenoxy) is 1. The number of benzene rings is 2. The lowest BCUT2D eigenvalue weighted by atomic mass is 9.84. The van der Waals surface area contributed by atoms with Gasteiger partial charge in [0.25, 0.3) is 15.9 Å². The standard InChI is InChI=1S/C24H25FN2O5S2/c1-24(2,3)22-20(28)18(23(29)27(22)12-14-8-10-15(25)11-9-14)19-16-6-5-7-17(32-13-33-4)21(16)34(30,31)26-19/h5-11,22,28H,12-13H2,1-4H3/t22-/m1/s1. The van der Waals surface area contributed by atoms with Gasteiger partial charge >= 0.3 is 0 Å². The third-order valence-corrected chi connectivity index (χ3v) is 7.37. The van der Waals surface area contributed by atoms with Crippen molar-refractivity contribution in [2.75, 3.05) is 12.2 Å². The minimum absolute atomic E-state index is 0.0945. The maximum atomic E-state index is 13.6. The predicted molar refractivity (Wildman–Crippen MR) is 129 cm³/mol. The number of nitrogens with zero attached hydrogens (tertiary/aromatic N) is 2. The largest absolute Gasteiger partial charge is 0.509 e. The van der Waals surface area contributed by atoms with E-state index in [0.717, 1.165) is 0 Å². The van der Waals surface area contributed by atoms with Gasteiger partial charge in [0.05, 0.1) is 6.04 Å². The first-order valence-electron chi connectivity index (χ1n) is 10.5. The van der Waals surface area contributed by atoms with Crippen LogP contribution >= 0.6 is 11.8 Å². The Bertz CT molecular complexity index is 1310. The van der Waals surface area contributed by atoms with Crippen LogP contribution in [0.2, 0.25) is 0 Å². The van der Waals surface area contributed by atoms with Gasteiger partial charge in [-0.25, -0.2) is 4.39 Å². The number of thioether (sulfide) groups is 1. The molecule has 1 amide bonds. The van der Waals surface area contributed by atoms with E-state index in [1.54, 1.807) is 24.3 Å². The molecule has 0 radical (unpaired) electrons. The van der Waals surface area contributed by atoms with Crippen LogP contribution in [-0.4, -0.2) is 48.3 Å². The molecule has 2 heterocycles. The number of sulfonamides is 1. The summed E-state index contributed by atoms with van der Waals surface area (Å²) in [6, 6.07) is 9.72. The SMILES string of the molecule is CSCOc1cccc2c1S(=O)(=O)N=C2C1=C(O)[C@H](C(C)(C)C)N(Cc2ccc(F)cc2)C1=O. The molecular formula is C24H25FN2O5S2. The Balaban J connectivity index is 1.81. The van der Waals surface area contributed by atoms with Gasteiger partial charge < -0.3 is 14.7 Å². The minimum Gasteiger partial charge on any atom is -0.509 e. The molecule has 7 nitrogen and oxygen atoms in total. The highest BCUT2D eigenvalue weighted by atomic mass is 32.2. The molecule has 2 aromatic carbocycles. The van der Waals surface area contributed by atoms with Gasteiger partial charge in [-0.1, -0.05) is 45.0 Å². The van der Waals surface area contributed by atoms with Crippen molar-refractivity contribution in [3.05, 3.63) is 70.7 Å². The van der Waals surface area contributed by atoms with Gasteiger partial charge in [-0.05, 0) is 35.4 Å². The molecule has 10 heteroatoms. The quantitative estimate of drug-likeness (QED) is 0.590. The highest BCUT2D eigenvalue weighted by molar-refractivity contribution is 7.98. The average molecular weight is 505 g/mol. The molecule has 2 aromatic rings. The van der Waals surface area contributed by atoms with Crippen molar-refractivity contribution in [3.63, 3.8) is 0 Å². The summed E-state index contributed by atoms with van der Waals surface area (Å²) in [5.41, 5.74) is 0.0671. The Morgan fingerprint density at radius 2 is 1.85 bits per heavy atom. The van der Waals surface area contributed by atoms with E-state index in [1.165, 1.54) is 34.9 Å². The topological polar surface area (TPSA) is 96.3 Å². The summed E-state index contributed by atoms with van der Waals surface area (Å²) in [6.45, 7) is 5.73. The zero-order chi connectivity index (χ0) is 24.8. The summed E-state index contributed by atoms with van der Waals surface area (Å²) in [7, 11) is -4.14. The number of halogens is 1. The van der Waals surface area contributed by atoms with E-state index >= 15 is 0 Å². The highest BCUT2D eigenvalue weighted by Crippen LogP contribution is 2.42. The van der Waals surface area contributed by atoms with Crippen LogP contribution in [-0.2, 0) is 21.4 Å². The van der Waals surface area contributed by atoms with E-state index < -0.39 is 33.2 Å². The molecule has 0 saturated carbocycles. The fraction of sp³-hybridized carbons (Fsp3) is 0.333. The molecule has 1 N–H and O–H groups in total. The number of aliphatic hydroxyl groups is 1.